The summed E-state index contributed by atoms with van der Waals surface area (Å²) in [6.45, 7) is 6.78. The molecule has 3 N–H and O–H groups in total. The lowest BCUT2D eigenvalue weighted by Gasteiger charge is -2.21. The van der Waals surface area contributed by atoms with Crippen molar-refractivity contribution in [3.05, 3.63) is 23.5 Å². The highest BCUT2D eigenvalue weighted by Gasteiger charge is 2.24. The number of aromatic amines is 1. The number of rotatable bonds is 6. The van der Waals surface area contributed by atoms with Crippen LogP contribution < -0.4 is 10.6 Å². The van der Waals surface area contributed by atoms with E-state index in [-0.39, 0.29) is 13.0 Å². The number of alkyl halides is 2. The predicted octanol–water partition coefficient (Wildman–Crippen LogP) is 2.60. The molecule has 0 aliphatic carbocycles. The molecule has 0 aromatic carbocycles. The quantitative estimate of drug-likeness (QED) is 0.749. The highest BCUT2D eigenvalue weighted by atomic mass is 19.3. The molecular formula is C15H23F2N3O3. The van der Waals surface area contributed by atoms with E-state index in [4.69, 9.17) is 4.74 Å². The number of nitrogens with one attached hydrogen (secondary N) is 3. The van der Waals surface area contributed by atoms with Gasteiger partial charge >= 0.3 is 6.09 Å². The minimum atomic E-state index is -2.74. The standard InChI is InChI=1S/C15H23F2N3O3/c1-9-7-18-8-10(9)13(21)20-11(12(16)17)5-6-19-14(22)23-15(2,3)4/h7-8,11-12,18H,5-6H2,1-4H3,(H,19,22)(H,20,21). The first-order valence-electron chi connectivity index (χ1n) is 7.29. The first-order chi connectivity index (χ1) is 10.6. The van der Waals surface area contributed by atoms with E-state index in [1.54, 1.807) is 33.9 Å². The van der Waals surface area contributed by atoms with E-state index in [1.165, 1.54) is 6.20 Å². The molecule has 1 rings (SSSR count). The van der Waals surface area contributed by atoms with Crippen molar-refractivity contribution in [2.24, 2.45) is 0 Å². The highest BCUT2D eigenvalue weighted by molar-refractivity contribution is 5.95. The van der Waals surface area contributed by atoms with Crippen LogP contribution in [0.3, 0.4) is 0 Å². The van der Waals surface area contributed by atoms with Crippen LogP contribution in [0.5, 0.6) is 0 Å². The highest BCUT2D eigenvalue weighted by Crippen LogP contribution is 2.10. The molecule has 2 amide bonds. The molecule has 0 bridgehead atoms. The summed E-state index contributed by atoms with van der Waals surface area (Å²) < 4.78 is 31.1. The number of H-pyrrole nitrogens is 1. The fourth-order valence-electron chi connectivity index (χ4n) is 1.84. The van der Waals surface area contributed by atoms with Gasteiger partial charge in [0.25, 0.3) is 12.3 Å². The Balaban J connectivity index is 2.49. The normalized spacial score (nSPS) is 12.8. The lowest BCUT2D eigenvalue weighted by atomic mass is 10.1. The average molecular weight is 331 g/mol. The number of carbonyl (C=O) groups is 2. The van der Waals surface area contributed by atoms with Gasteiger partial charge in [-0.15, -0.1) is 0 Å². The summed E-state index contributed by atoms with van der Waals surface area (Å²) >= 11 is 0. The molecule has 23 heavy (non-hydrogen) atoms. The third kappa shape index (κ3) is 6.66. The number of aromatic nitrogens is 1. The first kappa shape index (κ1) is 18.9. The number of halogens is 2. The average Bonchev–Trinajstić information content (AvgIpc) is 2.81. The fourth-order valence-corrected chi connectivity index (χ4v) is 1.84. The zero-order valence-corrected chi connectivity index (χ0v) is 13.7. The van der Waals surface area contributed by atoms with Crippen molar-refractivity contribution in [1.82, 2.24) is 15.6 Å². The molecule has 0 aliphatic rings. The monoisotopic (exact) mass is 331 g/mol. The molecule has 6 nitrogen and oxygen atoms in total. The van der Waals surface area contributed by atoms with Crippen molar-refractivity contribution in [3.63, 3.8) is 0 Å². The number of alkyl carbamates (subject to hydrolysis) is 1. The summed E-state index contributed by atoms with van der Waals surface area (Å²) in [5, 5.41) is 4.67. The fraction of sp³-hybridized carbons (Fsp3) is 0.600. The van der Waals surface area contributed by atoms with Gasteiger partial charge in [0, 0.05) is 18.9 Å². The van der Waals surface area contributed by atoms with E-state index in [2.05, 4.69) is 15.6 Å². The number of ether oxygens (including phenoxy) is 1. The molecule has 0 aliphatic heterocycles. The van der Waals surface area contributed by atoms with Crippen LogP contribution in [-0.2, 0) is 4.74 Å². The summed E-state index contributed by atoms with van der Waals surface area (Å²) in [6.07, 6.45) is -0.466. The summed E-state index contributed by atoms with van der Waals surface area (Å²) in [5.41, 5.74) is 0.324. The Kier molecular flexibility index (Phi) is 6.53. The Bertz CT molecular complexity index is 538. The van der Waals surface area contributed by atoms with Gasteiger partial charge in [0.1, 0.15) is 5.60 Å². The maximum Gasteiger partial charge on any atom is 0.407 e. The molecule has 1 unspecified atom stereocenters. The number of hydrogen-bond donors (Lipinski definition) is 3. The van der Waals surface area contributed by atoms with Gasteiger partial charge in [0.05, 0.1) is 11.6 Å². The van der Waals surface area contributed by atoms with Gasteiger partial charge in [0.15, 0.2) is 0 Å². The van der Waals surface area contributed by atoms with Gasteiger partial charge in [-0.3, -0.25) is 4.79 Å². The van der Waals surface area contributed by atoms with Crippen LogP contribution in [0.1, 0.15) is 43.1 Å². The maximum absolute atomic E-state index is 13.0. The van der Waals surface area contributed by atoms with Crippen LogP contribution in [0.2, 0.25) is 0 Å². The minimum Gasteiger partial charge on any atom is -0.444 e. The lowest BCUT2D eigenvalue weighted by molar-refractivity contribution is 0.0510. The van der Waals surface area contributed by atoms with E-state index in [0.717, 1.165) is 0 Å². The van der Waals surface area contributed by atoms with Crippen LogP contribution in [0, 0.1) is 6.92 Å². The number of hydrogen-bond acceptors (Lipinski definition) is 3. The maximum atomic E-state index is 13.0. The van der Waals surface area contributed by atoms with Gasteiger partial charge in [-0.25, -0.2) is 13.6 Å². The Morgan fingerprint density at radius 1 is 1.30 bits per heavy atom. The number of carbonyl (C=O) groups excluding carboxylic acids is 2. The SMILES string of the molecule is Cc1c[nH]cc1C(=O)NC(CCNC(=O)OC(C)(C)C)C(F)F. The van der Waals surface area contributed by atoms with Gasteiger partial charge < -0.3 is 20.4 Å². The molecular weight excluding hydrogens is 308 g/mol. The number of aryl methyl sites for hydroxylation is 1. The zero-order valence-electron chi connectivity index (χ0n) is 13.7. The van der Waals surface area contributed by atoms with Crippen LogP contribution in [-0.4, -0.2) is 41.6 Å². The smallest absolute Gasteiger partial charge is 0.407 e. The predicted molar refractivity (Wildman–Crippen MR) is 81.6 cm³/mol. The third-order valence-electron chi connectivity index (χ3n) is 2.94. The van der Waals surface area contributed by atoms with Gasteiger partial charge in [-0.1, -0.05) is 0 Å². The Morgan fingerprint density at radius 3 is 2.43 bits per heavy atom. The van der Waals surface area contributed by atoms with Gasteiger partial charge in [0.2, 0.25) is 0 Å². The molecule has 0 fully saturated rings. The molecule has 0 saturated carbocycles. The minimum absolute atomic E-state index is 0.0314. The second-order valence-electron chi connectivity index (χ2n) is 6.18. The second-order valence-corrected chi connectivity index (χ2v) is 6.18. The van der Waals surface area contributed by atoms with E-state index < -0.39 is 30.1 Å². The molecule has 0 spiro atoms. The zero-order chi connectivity index (χ0) is 17.6. The van der Waals surface area contributed by atoms with E-state index in [1.807, 2.05) is 0 Å². The molecule has 8 heteroatoms. The molecule has 1 aromatic heterocycles. The Labute approximate surface area is 134 Å². The molecule has 1 aromatic rings. The topological polar surface area (TPSA) is 83.2 Å². The van der Waals surface area contributed by atoms with Crippen LogP contribution >= 0.6 is 0 Å². The van der Waals surface area contributed by atoms with Crippen molar-refractivity contribution in [1.29, 1.82) is 0 Å². The summed E-state index contributed by atoms with van der Waals surface area (Å²) in [5.74, 6) is -0.577. The van der Waals surface area contributed by atoms with Crippen LogP contribution in [0.15, 0.2) is 12.4 Å². The largest absolute Gasteiger partial charge is 0.444 e. The molecule has 0 radical (unpaired) electrons. The first-order valence-corrected chi connectivity index (χ1v) is 7.29. The van der Waals surface area contributed by atoms with Crippen molar-refractivity contribution < 1.29 is 23.1 Å². The van der Waals surface area contributed by atoms with E-state index in [0.29, 0.717) is 11.1 Å². The van der Waals surface area contributed by atoms with Gasteiger partial charge in [-0.2, -0.15) is 0 Å². The summed E-state index contributed by atoms with van der Waals surface area (Å²) in [7, 11) is 0. The second kappa shape index (κ2) is 7.94. The molecule has 130 valence electrons. The van der Waals surface area contributed by atoms with Crippen molar-refractivity contribution in [2.45, 2.75) is 52.2 Å². The van der Waals surface area contributed by atoms with E-state index in [9.17, 15) is 18.4 Å². The molecule has 0 saturated heterocycles. The van der Waals surface area contributed by atoms with Crippen molar-refractivity contribution in [3.8, 4) is 0 Å². The molecule has 1 heterocycles. The lowest BCUT2D eigenvalue weighted by Crippen LogP contribution is -2.43. The van der Waals surface area contributed by atoms with Crippen LogP contribution in [0.25, 0.3) is 0 Å². The van der Waals surface area contributed by atoms with E-state index >= 15 is 0 Å². The van der Waals surface area contributed by atoms with Crippen molar-refractivity contribution in [2.75, 3.05) is 6.54 Å². The third-order valence-corrected chi connectivity index (χ3v) is 2.94. The van der Waals surface area contributed by atoms with Crippen molar-refractivity contribution >= 4 is 12.0 Å². The summed E-state index contributed by atoms with van der Waals surface area (Å²) in [4.78, 5) is 26.1. The Morgan fingerprint density at radius 2 is 1.96 bits per heavy atom. The van der Waals surface area contributed by atoms with Crippen LogP contribution in [0.4, 0.5) is 13.6 Å². The Hall–Kier alpha value is -2.12. The number of amides is 2. The molecule has 1 atom stereocenters. The summed E-state index contributed by atoms with van der Waals surface area (Å²) in [6, 6.07) is -1.35. The van der Waals surface area contributed by atoms with Gasteiger partial charge in [-0.05, 0) is 39.7 Å².